The quantitative estimate of drug-likeness (QED) is 0.703. The van der Waals surface area contributed by atoms with Gasteiger partial charge in [-0.1, -0.05) is 13.8 Å². The molecule has 10 heteroatoms. The predicted octanol–water partition coefficient (Wildman–Crippen LogP) is 2.49. The number of thioether (sulfide) groups is 1. The molecule has 8 nitrogen and oxygen atoms in total. The lowest BCUT2D eigenvalue weighted by Crippen LogP contribution is -2.48. The highest BCUT2D eigenvalue weighted by Crippen LogP contribution is 2.33. The van der Waals surface area contributed by atoms with Crippen molar-refractivity contribution >= 4 is 35.0 Å². The van der Waals surface area contributed by atoms with Gasteiger partial charge in [-0.2, -0.15) is 4.99 Å². The number of aliphatic imine (C=N–C) groups is 1. The maximum Gasteiger partial charge on any atom is 0.414 e. The molecule has 0 unspecified atom stereocenters. The van der Waals surface area contributed by atoms with Crippen molar-refractivity contribution in [3.8, 4) is 5.75 Å². The van der Waals surface area contributed by atoms with E-state index in [1.165, 1.54) is 40.9 Å². The number of halogens is 1. The Morgan fingerprint density at radius 1 is 1.29 bits per heavy atom. The van der Waals surface area contributed by atoms with E-state index in [0.717, 1.165) is 13.1 Å². The third-order valence-corrected chi connectivity index (χ3v) is 5.53. The van der Waals surface area contributed by atoms with Crippen molar-refractivity contribution < 1.29 is 23.8 Å². The number of rotatable bonds is 4. The van der Waals surface area contributed by atoms with Gasteiger partial charge in [0.15, 0.2) is 5.17 Å². The number of carbonyl (C=O) groups is 2. The molecule has 0 atom stereocenters. The summed E-state index contributed by atoms with van der Waals surface area (Å²) in [6.07, 6.45) is 0.895. The molecule has 2 amide bonds. The summed E-state index contributed by atoms with van der Waals surface area (Å²) in [4.78, 5) is 34.1. The van der Waals surface area contributed by atoms with E-state index in [2.05, 4.69) is 9.89 Å². The molecule has 0 spiro atoms. The normalized spacial score (nSPS) is 17.9. The Balaban J connectivity index is 0.00000166. The first-order valence-electron chi connectivity index (χ1n) is 10.2. The van der Waals surface area contributed by atoms with E-state index >= 15 is 0 Å². The van der Waals surface area contributed by atoms with E-state index in [9.17, 15) is 14.0 Å². The lowest BCUT2D eigenvalue weighted by molar-refractivity contribution is -0.113. The molecule has 1 saturated heterocycles. The maximum absolute atomic E-state index is 13.8. The Labute approximate surface area is 186 Å². The van der Waals surface area contributed by atoms with Gasteiger partial charge in [0.2, 0.25) is 0 Å². The van der Waals surface area contributed by atoms with Gasteiger partial charge in [0.1, 0.15) is 11.6 Å². The van der Waals surface area contributed by atoms with Crippen molar-refractivity contribution in [2.45, 2.75) is 13.8 Å². The molecule has 0 bridgehead atoms. The second-order valence-electron chi connectivity index (χ2n) is 6.81. The number of aliphatic hydroxyl groups excluding tert-OH is 1. The lowest BCUT2D eigenvalue weighted by Gasteiger charge is -2.34. The Bertz CT molecular complexity index is 852. The third-order valence-electron chi connectivity index (χ3n) is 4.49. The van der Waals surface area contributed by atoms with Gasteiger partial charge < -0.3 is 19.6 Å². The van der Waals surface area contributed by atoms with Crippen LogP contribution in [0.3, 0.4) is 0 Å². The van der Waals surface area contributed by atoms with Crippen LogP contribution in [0.15, 0.2) is 28.1 Å². The van der Waals surface area contributed by atoms with Crippen LogP contribution < -0.4 is 4.74 Å². The van der Waals surface area contributed by atoms with Crippen LogP contribution in [0.25, 0.3) is 6.08 Å². The number of carbonyl (C=O) groups excluding carboxylic acids is 2. The van der Waals surface area contributed by atoms with E-state index in [1.54, 1.807) is 14.1 Å². The molecule has 1 aromatic rings. The first-order valence-corrected chi connectivity index (χ1v) is 11.0. The standard InChI is InChI=1S/C19H23FN4O4S.C2H6/c1-22(2)19(27)28-15-4-3-14(20)11-13(15)12-16-17(26)21-18(29-16)24-7-5-23(6-8-24)9-10-25;1-2/h3-4,11-12,25H,5-10H2,1-2H3;1-2H3/b16-12-;. The molecule has 1 fully saturated rings. The number of β-amino-alcohol motifs (C(OH)–C–C–N with tert-alkyl or cyclic N) is 1. The fourth-order valence-corrected chi connectivity index (χ4v) is 3.84. The van der Waals surface area contributed by atoms with Crippen LogP contribution in [-0.4, -0.2) is 90.4 Å². The molecule has 2 aliphatic rings. The summed E-state index contributed by atoms with van der Waals surface area (Å²) in [6.45, 7) is 7.72. The Kier molecular flexibility index (Phi) is 9.47. The first-order chi connectivity index (χ1) is 14.9. The van der Waals surface area contributed by atoms with Crippen molar-refractivity contribution in [2.24, 2.45) is 4.99 Å². The number of benzene rings is 1. The molecule has 1 aromatic carbocycles. The summed E-state index contributed by atoms with van der Waals surface area (Å²) in [5.41, 5.74) is 0.292. The number of hydrogen-bond donors (Lipinski definition) is 1. The van der Waals surface area contributed by atoms with E-state index in [4.69, 9.17) is 9.84 Å². The van der Waals surface area contributed by atoms with Crippen LogP contribution in [0.5, 0.6) is 5.75 Å². The second kappa shape index (κ2) is 11.8. The van der Waals surface area contributed by atoms with Gasteiger partial charge in [0, 0.05) is 52.4 Å². The highest BCUT2D eigenvalue weighted by Gasteiger charge is 2.28. The van der Waals surface area contributed by atoms with Gasteiger partial charge in [0.25, 0.3) is 5.91 Å². The van der Waals surface area contributed by atoms with Crippen molar-refractivity contribution in [2.75, 3.05) is 53.4 Å². The van der Waals surface area contributed by atoms with Crippen molar-refractivity contribution in [1.29, 1.82) is 0 Å². The number of nitrogens with zero attached hydrogens (tertiary/aromatic N) is 4. The molecule has 0 saturated carbocycles. The molecule has 2 aliphatic heterocycles. The van der Waals surface area contributed by atoms with Gasteiger partial charge in [-0.3, -0.25) is 9.69 Å². The summed E-state index contributed by atoms with van der Waals surface area (Å²) in [7, 11) is 3.08. The summed E-state index contributed by atoms with van der Waals surface area (Å²) < 4.78 is 19.0. The van der Waals surface area contributed by atoms with Crippen LogP contribution in [0.4, 0.5) is 9.18 Å². The van der Waals surface area contributed by atoms with Crippen molar-refractivity contribution in [3.05, 3.63) is 34.5 Å². The fourth-order valence-electron chi connectivity index (χ4n) is 2.89. The van der Waals surface area contributed by atoms with E-state index in [1.807, 2.05) is 18.7 Å². The number of amides is 2. The largest absolute Gasteiger partial charge is 0.414 e. The number of amidine groups is 1. The topological polar surface area (TPSA) is 85.7 Å². The molecular formula is C21H29FN4O4S. The van der Waals surface area contributed by atoms with Gasteiger partial charge >= 0.3 is 6.09 Å². The molecule has 1 N–H and O–H groups in total. The minimum absolute atomic E-state index is 0.120. The van der Waals surface area contributed by atoms with Crippen LogP contribution in [0.2, 0.25) is 0 Å². The molecule has 0 aromatic heterocycles. The molecule has 0 aliphatic carbocycles. The lowest BCUT2D eigenvalue weighted by atomic mass is 10.2. The van der Waals surface area contributed by atoms with Crippen molar-refractivity contribution in [3.63, 3.8) is 0 Å². The SMILES string of the molecule is CC.CN(C)C(=O)Oc1ccc(F)cc1/C=C1\SC(N2CCN(CCO)CC2)=NC1=O. The van der Waals surface area contributed by atoms with Crippen LogP contribution in [-0.2, 0) is 4.79 Å². The smallest absolute Gasteiger partial charge is 0.410 e. The zero-order chi connectivity index (χ0) is 23.0. The number of hydrogen-bond acceptors (Lipinski definition) is 7. The van der Waals surface area contributed by atoms with Crippen molar-refractivity contribution in [1.82, 2.24) is 14.7 Å². The van der Waals surface area contributed by atoms with Gasteiger partial charge in [-0.25, -0.2) is 9.18 Å². The molecule has 170 valence electrons. The zero-order valence-electron chi connectivity index (χ0n) is 18.3. The predicted molar refractivity (Wildman–Crippen MR) is 121 cm³/mol. The Morgan fingerprint density at radius 3 is 2.58 bits per heavy atom. The van der Waals surface area contributed by atoms with E-state index in [0.29, 0.717) is 35.3 Å². The monoisotopic (exact) mass is 452 g/mol. The molecule has 31 heavy (non-hydrogen) atoms. The molecule has 3 rings (SSSR count). The van der Waals surface area contributed by atoms with Crippen LogP contribution >= 0.6 is 11.8 Å². The minimum atomic E-state index is -0.598. The summed E-state index contributed by atoms with van der Waals surface area (Å²) in [5.74, 6) is -0.743. The highest BCUT2D eigenvalue weighted by atomic mass is 32.2. The second-order valence-corrected chi connectivity index (χ2v) is 7.82. The number of ether oxygens (including phenoxy) is 1. The van der Waals surface area contributed by atoms with Gasteiger partial charge in [-0.05, 0) is 36.0 Å². The van der Waals surface area contributed by atoms with E-state index in [-0.39, 0.29) is 12.4 Å². The highest BCUT2D eigenvalue weighted by molar-refractivity contribution is 8.18. The van der Waals surface area contributed by atoms with Gasteiger partial charge in [0.05, 0.1) is 11.5 Å². The first kappa shape index (κ1) is 24.8. The molecular weight excluding hydrogens is 423 g/mol. The average molecular weight is 453 g/mol. The summed E-state index contributed by atoms with van der Waals surface area (Å²) in [6, 6.07) is 3.76. The molecule has 0 radical (unpaired) electrons. The minimum Gasteiger partial charge on any atom is -0.410 e. The summed E-state index contributed by atoms with van der Waals surface area (Å²) >= 11 is 1.22. The van der Waals surface area contributed by atoms with Gasteiger partial charge in [-0.15, -0.1) is 0 Å². The Hall–Kier alpha value is -2.43. The maximum atomic E-state index is 13.8. The number of aliphatic hydroxyl groups is 1. The Morgan fingerprint density at radius 2 is 1.97 bits per heavy atom. The zero-order valence-corrected chi connectivity index (χ0v) is 19.1. The third kappa shape index (κ3) is 6.78. The van der Waals surface area contributed by atoms with Crippen LogP contribution in [0.1, 0.15) is 19.4 Å². The number of piperazine rings is 1. The average Bonchev–Trinajstić information content (AvgIpc) is 3.12. The van der Waals surface area contributed by atoms with Crippen LogP contribution in [0, 0.1) is 5.82 Å². The van der Waals surface area contributed by atoms with E-state index < -0.39 is 17.8 Å². The fraction of sp³-hybridized carbons (Fsp3) is 0.476. The molecule has 2 heterocycles. The summed E-state index contributed by atoms with van der Waals surface area (Å²) in [5, 5.41) is 9.64.